The van der Waals surface area contributed by atoms with Gasteiger partial charge in [-0.3, -0.25) is 4.79 Å². The van der Waals surface area contributed by atoms with Crippen molar-refractivity contribution < 1.29 is 9.53 Å². The van der Waals surface area contributed by atoms with Gasteiger partial charge in [0.05, 0.1) is 19.6 Å². The van der Waals surface area contributed by atoms with Gasteiger partial charge in [0.15, 0.2) is 0 Å². The molecule has 0 aliphatic carbocycles. The van der Waals surface area contributed by atoms with Crippen molar-refractivity contribution in [2.75, 3.05) is 7.11 Å². The van der Waals surface area contributed by atoms with E-state index in [-0.39, 0.29) is 11.9 Å². The first-order chi connectivity index (χ1) is 9.69. The van der Waals surface area contributed by atoms with Crippen LogP contribution in [0.25, 0.3) is 0 Å². The number of rotatable bonds is 5. The molecule has 0 aliphatic heterocycles. The maximum atomic E-state index is 12.0. The molecule has 0 saturated carbocycles. The molecule has 0 fully saturated rings. The molecule has 0 aliphatic rings. The van der Waals surface area contributed by atoms with Crippen LogP contribution in [0.3, 0.4) is 0 Å². The summed E-state index contributed by atoms with van der Waals surface area (Å²) in [5.41, 5.74) is 2.05. The zero-order valence-electron chi connectivity index (χ0n) is 11.8. The second-order valence-corrected chi connectivity index (χ2v) is 4.73. The van der Waals surface area contributed by atoms with Crippen LogP contribution in [0.15, 0.2) is 54.6 Å². The zero-order chi connectivity index (χ0) is 14.4. The monoisotopic (exact) mass is 269 g/mol. The highest BCUT2D eigenvalue weighted by Crippen LogP contribution is 2.14. The third-order valence-corrected chi connectivity index (χ3v) is 3.18. The topological polar surface area (TPSA) is 38.3 Å². The molecule has 0 radical (unpaired) electrons. The van der Waals surface area contributed by atoms with Crippen LogP contribution in [-0.2, 0) is 11.2 Å². The quantitative estimate of drug-likeness (QED) is 0.905. The van der Waals surface area contributed by atoms with Crippen LogP contribution in [0.1, 0.15) is 24.1 Å². The summed E-state index contributed by atoms with van der Waals surface area (Å²) >= 11 is 0. The minimum absolute atomic E-state index is 0.00862. The number of methoxy groups -OCH3 is 1. The SMILES string of the molecule is COc1cccc(CC(=O)N[C@H](C)c2ccccc2)c1. The number of carbonyl (C=O) groups is 1. The second-order valence-electron chi connectivity index (χ2n) is 4.73. The van der Waals surface area contributed by atoms with Crippen molar-refractivity contribution in [1.82, 2.24) is 5.32 Å². The molecule has 1 atom stereocenters. The van der Waals surface area contributed by atoms with Crippen molar-refractivity contribution in [3.63, 3.8) is 0 Å². The molecule has 2 aromatic carbocycles. The Morgan fingerprint density at radius 3 is 2.60 bits per heavy atom. The van der Waals surface area contributed by atoms with Gasteiger partial charge in [0.1, 0.15) is 5.75 Å². The molecule has 0 unspecified atom stereocenters. The number of hydrogen-bond donors (Lipinski definition) is 1. The number of nitrogens with one attached hydrogen (secondary N) is 1. The highest BCUT2D eigenvalue weighted by Gasteiger charge is 2.10. The maximum absolute atomic E-state index is 12.0. The van der Waals surface area contributed by atoms with E-state index < -0.39 is 0 Å². The van der Waals surface area contributed by atoms with Gasteiger partial charge in [0.2, 0.25) is 5.91 Å². The largest absolute Gasteiger partial charge is 0.497 e. The predicted molar refractivity (Wildman–Crippen MR) is 79.7 cm³/mol. The third-order valence-electron chi connectivity index (χ3n) is 3.18. The Balaban J connectivity index is 1.95. The van der Waals surface area contributed by atoms with Crippen molar-refractivity contribution in [3.05, 3.63) is 65.7 Å². The van der Waals surface area contributed by atoms with E-state index in [2.05, 4.69) is 5.32 Å². The molecule has 0 spiro atoms. The molecule has 0 saturated heterocycles. The fraction of sp³-hybridized carbons (Fsp3) is 0.235. The fourth-order valence-corrected chi connectivity index (χ4v) is 2.09. The van der Waals surface area contributed by atoms with E-state index in [0.29, 0.717) is 6.42 Å². The number of hydrogen-bond acceptors (Lipinski definition) is 2. The van der Waals surface area contributed by atoms with E-state index >= 15 is 0 Å². The lowest BCUT2D eigenvalue weighted by Gasteiger charge is -2.14. The summed E-state index contributed by atoms with van der Waals surface area (Å²) in [6, 6.07) is 17.5. The van der Waals surface area contributed by atoms with Crippen LogP contribution in [-0.4, -0.2) is 13.0 Å². The van der Waals surface area contributed by atoms with Crippen molar-refractivity contribution in [3.8, 4) is 5.75 Å². The van der Waals surface area contributed by atoms with Gasteiger partial charge in [-0.15, -0.1) is 0 Å². The van der Waals surface area contributed by atoms with Crippen molar-refractivity contribution in [1.29, 1.82) is 0 Å². The number of amides is 1. The number of carbonyl (C=O) groups excluding carboxylic acids is 1. The summed E-state index contributed by atoms with van der Waals surface area (Å²) in [7, 11) is 1.62. The van der Waals surface area contributed by atoms with E-state index in [1.54, 1.807) is 7.11 Å². The first-order valence-electron chi connectivity index (χ1n) is 6.66. The normalized spacial score (nSPS) is 11.7. The lowest BCUT2D eigenvalue weighted by atomic mass is 10.1. The Bertz CT molecular complexity index is 566. The lowest BCUT2D eigenvalue weighted by Crippen LogP contribution is -2.28. The highest BCUT2D eigenvalue weighted by molar-refractivity contribution is 5.79. The van der Waals surface area contributed by atoms with Crippen LogP contribution in [0.2, 0.25) is 0 Å². The van der Waals surface area contributed by atoms with E-state index in [4.69, 9.17) is 4.74 Å². The van der Waals surface area contributed by atoms with Crippen LogP contribution in [0.4, 0.5) is 0 Å². The summed E-state index contributed by atoms with van der Waals surface area (Å²) in [5.74, 6) is 0.779. The smallest absolute Gasteiger partial charge is 0.224 e. The second kappa shape index (κ2) is 6.75. The first kappa shape index (κ1) is 14.1. The van der Waals surface area contributed by atoms with E-state index in [0.717, 1.165) is 16.9 Å². The van der Waals surface area contributed by atoms with E-state index in [1.165, 1.54) is 0 Å². The Hall–Kier alpha value is -2.29. The summed E-state index contributed by atoms with van der Waals surface area (Å²) in [6.07, 6.45) is 0.356. The Labute approximate surface area is 119 Å². The molecule has 0 heterocycles. The molecular formula is C17H19NO2. The lowest BCUT2D eigenvalue weighted by molar-refractivity contribution is -0.121. The van der Waals surface area contributed by atoms with Gasteiger partial charge in [-0.1, -0.05) is 42.5 Å². The van der Waals surface area contributed by atoms with E-state index in [9.17, 15) is 4.79 Å². The summed E-state index contributed by atoms with van der Waals surface area (Å²) in [4.78, 5) is 12.0. The maximum Gasteiger partial charge on any atom is 0.224 e. The zero-order valence-corrected chi connectivity index (χ0v) is 11.8. The van der Waals surface area contributed by atoms with Gasteiger partial charge < -0.3 is 10.1 Å². The molecule has 0 aromatic heterocycles. The molecule has 3 nitrogen and oxygen atoms in total. The minimum atomic E-state index is 0.00862. The molecule has 104 valence electrons. The van der Waals surface area contributed by atoms with E-state index in [1.807, 2.05) is 61.5 Å². The highest BCUT2D eigenvalue weighted by atomic mass is 16.5. The van der Waals surface area contributed by atoms with Crippen molar-refractivity contribution in [2.45, 2.75) is 19.4 Å². The summed E-state index contributed by atoms with van der Waals surface area (Å²) < 4.78 is 5.16. The average Bonchev–Trinajstić information content (AvgIpc) is 2.48. The molecule has 3 heteroatoms. The molecule has 2 aromatic rings. The Morgan fingerprint density at radius 1 is 1.15 bits per heavy atom. The summed E-state index contributed by atoms with van der Waals surface area (Å²) in [6.45, 7) is 1.98. The van der Waals surface area contributed by atoms with Crippen LogP contribution in [0.5, 0.6) is 5.75 Å². The molecule has 1 amide bonds. The van der Waals surface area contributed by atoms with Crippen molar-refractivity contribution >= 4 is 5.91 Å². The standard InChI is InChI=1S/C17H19NO2/c1-13(15-8-4-3-5-9-15)18-17(19)12-14-7-6-10-16(11-14)20-2/h3-11,13H,12H2,1-2H3,(H,18,19)/t13-/m1/s1. The number of ether oxygens (including phenoxy) is 1. The van der Waals surface area contributed by atoms with Gasteiger partial charge in [-0.25, -0.2) is 0 Å². The van der Waals surface area contributed by atoms with Crippen LogP contribution in [0, 0.1) is 0 Å². The van der Waals surface area contributed by atoms with Crippen LogP contribution < -0.4 is 10.1 Å². The Morgan fingerprint density at radius 2 is 1.90 bits per heavy atom. The van der Waals surface area contributed by atoms with Gasteiger partial charge in [0, 0.05) is 0 Å². The first-order valence-corrected chi connectivity index (χ1v) is 6.66. The summed E-state index contributed by atoms with van der Waals surface area (Å²) in [5, 5.41) is 3.00. The predicted octanol–water partition coefficient (Wildman–Crippen LogP) is 3.12. The molecule has 20 heavy (non-hydrogen) atoms. The average molecular weight is 269 g/mol. The van der Waals surface area contributed by atoms with Gasteiger partial charge in [-0.2, -0.15) is 0 Å². The van der Waals surface area contributed by atoms with Crippen molar-refractivity contribution in [2.24, 2.45) is 0 Å². The molecule has 2 rings (SSSR count). The van der Waals surface area contributed by atoms with Crippen LogP contribution >= 0.6 is 0 Å². The van der Waals surface area contributed by atoms with Gasteiger partial charge in [0.25, 0.3) is 0 Å². The minimum Gasteiger partial charge on any atom is -0.497 e. The van der Waals surface area contributed by atoms with Gasteiger partial charge in [-0.05, 0) is 30.2 Å². The molecule has 0 bridgehead atoms. The third kappa shape index (κ3) is 3.85. The molecular weight excluding hydrogens is 250 g/mol. The Kier molecular flexibility index (Phi) is 4.77. The van der Waals surface area contributed by atoms with Gasteiger partial charge >= 0.3 is 0 Å². The molecule has 1 N–H and O–H groups in total. The fourth-order valence-electron chi connectivity index (χ4n) is 2.09. The number of benzene rings is 2.